The van der Waals surface area contributed by atoms with Crippen LogP contribution in [-0.4, -0.2) is 36.9 Å². The maximum absolute atomic E-state index is 11.1. The van der Waals surface area contributed by atoms with Crippen molar-refractivity contribution in [2.75, 3.05) is 19.7 Å². The van der Waals surface area contributed by atoms with Crippen LogP contribution in [0.3, 0.4) is 0 Å². The molecule has 1 rings (SSSR count). The monoisotopic (exact) mass is 170 g/mol. The number of nitrogens with one attached hydrogen (secondary N) is 1. The highest BCUT2D eigenvalue weighted by atomic mass is 16.5. The van der Waals surface area contributed by atoms with Gasteiger partial charge in [-0.25, -0.2) is 4.79 Å². The molecule has 0 saturated carbocycles. The summed E-state index contributed by atoms with van der Waals surface area (Å²) in [4.78, 5) is 12.7. The molecule has 2 amide bonds. The Morgan fingerprint density at radius 2 is 2.67 bits per heavy atom. The van der Waals surface area contributed by atoms with E-state index in [1.165, 1.54) is 0 Å². The molecule has 0 bridgehead atoms. The summed E-state index contributed by atoms with van der Waals surface area (Å²) >= 11 is 0. The molecular weight excluding hydrogens is 156 g/mol. The number of hydrogen-bond acceptors (Lipinski definition) is 2. The fraction of sp³-hybridized carbons (Fsp3) is 0.625. The molecule has 1 fully saturated rings. The van der Waals surface area contributed by atoms with Crippen LogP contribution in [0.25, 0.3) is 0 Å². The minimum absolute atomic E-state index is 0.0495. The van der Waals surface area contributed by atoms with Crippen LogP contribution in [0.15, 0.2) is 12.7 Å². The molecule has 0 radical (unpaired) electrons. The molecule has 1 unspecified atom stereocenters. The maximum Gasteiger partial charge on any atom is 0.319 e. The first-order valence-corrected chi connectivity index (χ1v) is 4.02. The fourth-order valence-corrected chi connectivity index (χ4v) is 1.13. The molecule has 1 aliphatic rings. The molecule has 0 aliphatic carbocycles. The Labute approximate surface area is 72.2 Å². The maximum atomic E-state index is 11.1. The third-order valence-electron chi connectivity index (χ3n) is 1.78. The highest BCUT2D eigenvalue weighted by Gasteiger charge is 2.24. The highest BCUT2D eigenvalue weighted by Crippen LogP contribution is 2.04. The highest BCUT2D eigenvalue weighted by molar-refractivity contribution is 5.76. The second-order valence-electron chi connectivity index (χ2n) is 2.65. The third-order valence-corrected chi connectivity index (χ3v) is 1.78. The van der Waals surface area contributed by atoms with Gasteiger partial charge < -0.3 is 10.1 Å². The lowest BCUT2D eigenvalue weighted by Gasteiger charge is -2.22. The average molecular weight is 170 g/mol. The fourth-order valence-electron chi connectivity index (χ4n) is 1.13. The predicted octanol–water partition coefficient (Wildman–Crippen LogP) is 0.560. The van der Waals surface area contributed by atoms with Crippen molar-refractivity contribution in [3.8, 4) is 0 Å². The number of nitrogens with zero attached hydrogens (tertiary/aromatic N) is 1. The van der Waals surface area contributed by atoms with Gasteiger partial charge in [-0.15, -0.1) is 6.58 Å². The van der Waals surface area contributed by atoms with Gasteiger partial charge in [0, 0.05) is 13.1 Å². The van der Waals surface area contributed by atoms with Gasteiger partial charge in [0.25, 0.3) is 0 Å². The Balaban J connectivity index is 2.35. The molecule has 0 spiro atoms. The lowest BCUT2D eigenvalue weighted by molar-refractivity contribution is -0.00269. The van der Waals surface area contributed by atoms with E-state index in [0.717, 1.165) is 6.54 Å². The molecule has 68 valence electrons. The van der Waals surface area contributed by atoms with Gasteiger partial charge in [0.2, 0.25) is 0 Å². The summed E-state index contributed by atoms with van der Waals surface area (Å²) in [5.41, 5.74) is 0. The van der Waals surface area contributed by atoms with Crippen LogP contribution < -0.4 is 5.32 Å². The Morgan fingerprint density at radius 3 is 3.17 bits per heavy atom. The predicted molar refractivity (Wildman–Crippen MR) is 45.7 cm³/mol. The Bertz CT molecular complexity index is 182. The molecule has 0 aromatic rings. The summed E-state index contributed by atoms with van der Waals surface area (Å²) in [5, 5.41) is 2.71. The first-order valence-electron chi connectivity index (χ1n) is 4.02. The molecule has 1 saturated heterocycles. The molecule has 0 aromatic heterocycles. The second-order valence-corrected chi connectivity index (χ2v) is 2.65. The van der Waals surface area contributed by atoms with E-state index < -0.39 is 0 Å². The molecule has 12 heavy (non-hydrogen) atoms. The van der Waals surface area contributed by atoms with E-state index in [1.54, 1.807) is 11.0 Å². The number of carbonyl (C=O) groups excluding carboxylic acids is 1. The molecular formula is C8H14N2O2. The van der Waals surface area contributed by atoms with E-state index in [4.69, 9.17) is 4.74 Å². The van der Waals surface area contributed by atoms with Crippen molar-refractivity contribution in [3.63, 3.8) is 0 Å². The first kappa shape index (κ1) is 9.06. The van der Waals surface area contributed by atoms with Crippen molar-refractivity contribution in [2.24, 2.45) is 0 Å². The lowest BCUT2D eigenvalue weighted by Crippen LogP contribution is -2.37. The van der Waals surface area contributed by atoms with Crippen molar-refractivity contribution < 1.29 is 9.53 Å². The smallest absolute Gasteiger partial charge is 0.319 e. The summed E-state index contributed by atoms with van der Waals surface area (Å²) in [6.07, 6.45) is 1.51. The number of urea groups is 1. The van der Waals surface area contributed by atoms with Gasteiger partial charge in [0.15, 0.2) is 0 Å². The van der Waals surface area contributed by atoms with Crippen molar-refractivity contribution in [1.82, 2.24) is 10.2 Å². The van der Waals surface area contributed by atoms with Crippen molar-refractivity contribution in [2.45, 2.75) is 13.2 Å². The van der Waals surface area contributed by atoms with Gasteiger partial charge in [-0.3, -0.25) is 4.90 Å². The van der Waals surface area contributed by atoms with Crippen LogP contribution in [-0.2, 0) is 4.74 Å². The normalized spacial score (nSPS) is 19.1. The van der Waals surface area contributed by atoms with Crippen LogP contribution >= 0.6 is 0 Å². The molecule has 1 heterocycles. The number of rotatable bonds is 4. The second kappa shape index (κ2) is 4.11. The molecule has 4 nitrogen and oxygen atoms in total. The topological polar surface area (TPSA) is 41.6 Å². The average Bonchev–Trinajstić information content (AvgIpc) is 2.47. The van der Waals surface area contributed by atoms with Crippen LogP contribution in [0.4, 0.5) is 4.79 Å². The van der Waals surface area contributed by atoms with E-state index in [1.807, 2.05) is 6.92 Å². The molecule has 1 atom stereocenters. The van der Waals surface area contributed by atoms with Gasteiger partial charge in [-0.05, 0) is 6.92 Å². The molecule has 1 N–H and O–H groups in total. The standard InChI is InChI=1S/C8H14N2O2/c1-3-6-12-7(2)10-5-4-9-8(10)11/h3,7H,1,4-6H2,2H3,(H,9,11). The van der Waals surface area contributed by atoms with Gasteiger partial charge in [0.05, 0.1) is 6.61 Å². The molecule has 0 aromatic carbocycles. The largest absolute Gasteiger partial charge is 0.354 e. The van der Waals surface area contributed by atoms with Crippen molar-refractivity contribution in [1.29, 1.82) is 0 Å². The molecule has 1 aliphatic heterocycles. The summed E-state index contributed by atoms with van der Waals surface area (Å²) in [5.74, 6) is 0. The first-order chi connectivity index (χ1) is 5.75. The van der Waals surface area contributed by atoms with Gasteiger partial charge in [-0.1, -0.05) is 6.08 Å². The SMILES string of the molecule is C=CCOC(C)N1CCNC1=O. The summed E-state index contributed by atoms with van der Waals surface area (Å²) in [6, 6.07) is -0.0495. The van der Waals surface area contributed by atoms with E-state index in [-0.39, 0.29) is 12.3 Å². The van der Waals surface area contributed by atoms with Crippen LogP contribution in [0.5, 0.6) is 0 Å². The summed E-state index contributed by atoms with van der Waals surface area (Å²) in [6.45, 7) is 7.30. The minimum atomic E-state index is -0.162. The van der Waals surface area contributed by atoms with Crippen molar-refractivity contribution in [3.05, 3.63) is 12.7 Å². The summed E-state index contributed by atoms with van der Waals surface area (Å²) < 4.78 is 5.29. The Morgan fingerprint density at radius 1 is 1.92 bits per heavy atom. The van der Waals surface area contributed by atoms with E-state index >= 15 is 0 Å². The van der Waals surface area contributed by atoms with Gasteiger partial charge >= 0.3 is 6.03 Å². The zero-order valence-corrected chi connectivity index (χ0v) is 7.25. The minimum Gasteiger partial charge on any atom is -0.354 e. The van der Waals surface area contributed by atoms with Gasteiger partial charge in [-0.2, -0.15) is 0 Å². The van der Waals surface area contributed by atoms with E-state index in [2.05, 4.69) is 11.9 Å². The van der Waals surface area contributed by atoms with Crippen LogP contribution in [0.2, 0.25) is 0 Å². The zero-order chi connectivity index (χ0) is 8.97. The van der Waals surface area contributed by atoms with Crippen molar-refractivity contribution >= 4 is 6.03 Å². The molecule has 4 heteroatoms. The number of ether oxygens (including phenoxy) is 1. The Kier molecular flexibility index (Phi) is 3.10. The van der Waals surface area contributed by atoms with E-state index in [9.17, 15) is 4.79 Å². The van der Waals surface area contributed by atoms with Gasteiger partial charge in [0.1, 0.15) is 6.23 Å². The Hall–Kier alpha value is -1.03. The number of amides is 2. The van der Waals surface area contributed by atoms with Crippen LogP contribution in [0, 0.1) is 0 Å². The third kappa shape index (κ3) is 1.98. The number of carbonyl (C=O) groups is 1. The number of hydrogen-bond donors (Lipinski definition) is 1. The quantitative estimate of drug-likeness (QED) is 0.626. The van der Waals surface area contributed by atoms with E-state index in [0.29, 0.717) is 13.2 Å². The van der Waals surface area contributed by atoms with Crippen LogP contribution in [0.1, 0.15) is 6.92 Å². The lowest BCUT2D eigenvalue weighted by atomic mass is 10.5. The summed E-state index contributed by atoms with van der Waals surface area (Å²) in [7, 11) is 0. The zero-order valence-electron chi connectivity index (χ0n) is 7.25.